The number of carbonyl (C=O) groups is 2. The third-order valence-corrected chi connectivity index (χ3v) is 3.05. The molecule has 116 valence electrons. The van der Waals surface area contributed by atoms with Crippen molar-refractivity contribution < 1.29 is 14.3 Å². The van der Waals surface area contributed by atoms with Crippen LogP contribution in [0.2, 0.25) is 0 Å². The Morgan fingerprint density at radius 1 is 1.33 bits per heavy atom. The molecule has 0 fully saturated rings. The number of carbonyl (C=O) groups excluding carboxylic acids is 2. The first-order chi connectivity index (χ1) is 9.99. The fraction of sp³-hybridized carbons (Fsp3) is 0.467. The molecule has 0 spiro atoms. The predicted molar refractivity (Wildman–Crippen MR) is 82.6 cm³/mol. The lowest BCUT2D eigenvalue weighted by atomic mass is 10.0. The molecular formula is C15H21ClN2O3. The number of hydrogen-bond acceptors (Lipinski definition) is 3. The van der Waals surface area contributed by atoms with Gasteiger partial charge < -0.3 is 15.4 Å². The van der Waals surface area contributed by atoms with Crippen molar-refractivity contribution in [2.45, 2.75) is 26.8 Å². The third kappa shape index (κ3) is 5.27. The van der Waals surface area contributed by atoms with E-state index in [4.69, 9.17) is 16.3 Å². The fourth-order valence-corrected chi connectivity index (χ4v) is 1.97. The number of halogens is 1. The summed E-state index contributed by atoms with van der Waals surface area (Å²) in [5, 5.41) is 5.08. The van der Waals surface area contributed by atoms with Crippen molar-refractivity contribution in [3.05, 3.63) is 29.3 Å². The molecule has 0 bridgehead atoms. The molecule has 2 N–H and O–H groups in total. The zero-order chi connectivity index (χ0) is 15.8. The van der Waals surface area contributed by atoms with Crippen LogP contribution in [0.3, 0.4) is 0 Å². The Bertz CT molecular complexity index is 506. The molecule has 1 aromatic rings. The lowest BCUT2D eigenvalue weighted by Gasteiger charge is -2.18. The van der Waals surface area contributed by atoms with Crippen LogP contribution in [0.1, 0.15) is 31.0 Å². The molecule has 0 radical (unpaired) electrons. The van der Waals surface area contributed by atoms with Gasteiger partial charge in [0.2, 0.25) is 0 Å². The van der Waals surface area contributed by atoms with Crippen molar-refractivity contribution in [2.75, 3.05) is 19.0 Å². The van der Waals surface area contributed by atoms with Crippen LogP contribution in [0.15, 0.2) is 18.2 Å². The Kier molecular flexibility index (Phi) is 7.02. The summed E-state index contributed by atoms with van der Waals surface area (Å²) in [7, 11) is 0. The third-order valence-electron chi connectivity index (χ3n) is 2.87. The lowest BCUT2D eigenvalue weighted by molar-refractivity contribution is -0.139. The average Bonchev–Trinajstić information content (AvgIpc) is 2.46. The van der Waals surface area contributed by atoms with Gasteiger partial charge in [0.25, 0.3) is 0 Å². The minimum absolute atomic E-state index is 0.261. The van der Waals surface area contributed by atoms with Crippen molar-refractivity contribution in [1.29, 1.82) is 0 Å². The number of hydrogen-bond donors (Lipinski definition) is 2. The number of nitrogens with one attached hydrogen (secondary N) is 2. The summed E-state index contributed by atoms with van der Waals surface area (Å²) in [6.45, 7) is 6.46. The van der Waals surface area contributed by atoms with Crippen LogP contribution < -0.4 is 15.4 Å². The van der Waals surface area contributed by atoms with Gasteiger partial charge in [-0.25, -0.2) is 0 Å². The van der Waals surface area contributed by atoms with Crippen LogP contribution in [0, 0.1) is 6.92 Å². The summed E-state index contributed by atoms with van der Waals surface area (Å²) in [4.78, 5) is 23.3. The van der Waals surface area contributed by atoms with Gasteiger partial charge in [0.05, 0.1) is 12.6 Å². The highest BCUT2D eigenvalue weighted by Crippen LogP contribution is 2.26. The second kappa shape index (κ2) is 8.52. The minimum Gasteiger partial charge on any atom is -0.494 e. The Balaban J connectivity index is 2.78. The largest absolute Gasteiger partial charge is 0.494 e. The van der Waals surface area contributed by atoms with E-state index in [-0.39, 0.29) is 18.5 Å². The summed E-state index contributed by atoms with van der Waals surface area (Å²) in [5.41, 5.74) is 1.90. The highest BCUT2D eigenvalue weighted by molar-refractivity contribution is 6.35. The zero-order valence-corrected chi connectivity index (χ0v) is 13.3. The van der Waals surface area contributed by atoms with Crippen molar-refractivity contribution >= 4 is 23.4 Å². The maximum absolute atomic E-state index is 11.8. The second-order valence-electron chi connectivity index (χ2n) is 4.61. The summed E-state index contributed by atoms with van der Waals surface area (Å²) < 4.78 is 5.55. The highest BCUT2D eigenvalue weighted by Gasteiger charge is 2.19. The van der Waals surface area contributed by atoms with Crippen LogP contribution in [-0.2, 0) is 9.59 Å². The van der Waals surface area contributed by atoms with E-state index in [0.29, 0.717) is 12.4 Å². The normalized spacial score (nSPS) is 11.6. The van der Waals surface area contributed by atoms with Gasteiger partial charge >= 0.3 is 11.8 Å². The minimum atomic E-state index is -0.687. The molecule has 5 nitrogen and oxygen atoms in total. The Hall–Kier alpha value is -1.75. The van der Waals surface area contributed by atoms with E-state index in [1.807, 2.05) is 39.0 Å². The molecule has 0 saturated heterocycles. The quantitative estimate of drug-likeness (QED) is 0.623. The van der Waals surface area contributed by atoms with Crippen molar-refractivity contribution in [2.24, 2.45) is 0 Å². The van der Waals surface area contributed by atoms with Gasteiger partial charge in [-0.3, -0.25) is 9.59 Å². The predicted octanol–water partition coefficient (Wildman–Crippen LogP) is 1.93. The van der Waals surface area contributed by atoms with E-state index >= 15 is 0 Å². The topological polar surface area (TPSA) is 67.4 Å². The van der Waals surface area contributed by atoms with Crippen LogP contribution in [0.5, 0.6) is 5.75 Å². The summed E-state index contributed by atoms with van der Waals surface area (Å²) in [5.74, 6) is -0.400. The van der Waals surface area contributed by atoms with Gasteiger partial charge in [0.1, 0.15) is 5.75 Å². The number of aryl methyl sites for hydroxylation is 1. The Morgan fingerprint density at radius 3 is 2.67 bits per heavy atom. The number of rotatable bonds is 6. The SMILES string of the molecule is CCOc1ccc(C)cc1C(C)NC(=O)C(=O)NCCCl. The second-order valence-corrected chi connectivity index (χ2v) is 4.99. The van der Waals surface area contributed by atoms with E-state index in [0.717, 1.165) is 11.1 Å². The van der Waals surface area contributed by atoms with Crippen LogP contribution in [0.25, 0.3) is 0 Å². The number of amides is 2. The smallest absolute Gasteiger partial charge is 0.309 e. The maximum Gasteiger partial charge on any atom is 0.309 e. The van der Waals surface area contributed by atoms with E-state index < -0.39 is 11.8 Å². The molecule has 0 heterocycles. The number of ether oxygens (including phenoxy) is 1. The van der Waals surface area contributed by atoms with Crippen molar-refractivity contribution in [3.63, 3.8) is 0 Å². The Morgan fingerprint density at radius 2 is 2.05 bits per heavy atom. The van der Waals surface area contributed by atoms with Crippen LogP contribution in [0.4, 0.5) is 0 Å². The molecule has 0 aliphatic rings. The number of alkyl halides is 1. The van der Waals surface area contributed by atoms with Gasteiger partial charge in [-0.2, -0.15) is 0 Å². The highest BCUT2D eigenvalue weighted by atomic mass is 35.5. The van der Waals surface area contributed by atoms with E-state index in [1.54, 1.807) is 0 Å². The molecule has 1 aromatic carbocycles. The fourth-order valence-electron chi connectivity index (χ4n) is 1.87. The molecule has 1 rings (SSSR count). The van der Waals surface area contributed by atoms with Gasteiger partial charge in [-0.1, -0.05) is 17.7 Å². The standard InChI is InChI=1S/C15H21ClN2O3/c1-4-21-13-6-5-10(2)9-12(13)11(3)18-15(20)14(19)17-8-7-16/h5-6,9,11H,4,7-8H2,1-3H3,(H,17,19)(H,18,20). The molecule has 1 unspecified atom stereocenters. The first-order valence-corrected chi connectivity index (χ1v) is 7.41. The molecule has 1 atom stereocenters. The molecule has 0 aliphatic heterocycles. The molecule has 2 amide bonds. The van der Waals surface area contributed by atoms with Crippen molar-refractivity contribution in [1.82, 2.24) is 10.6 Å². The first kappa shape index (κ1) is 17.3. The Labute approximate surface area is 130 Å². The molecule has 0 saturated carbocycles. The summed E-state index contributed by atoms with van der Waals surface area (Å²) in [6, 6.07) is 5.41. The molecule has 0 aliphatic carbocycles. The first-order valence-electron chi connectivity index (χ1n) is 6.87. The van der Waals surface area contributed by atoms with Crippen molar-refractivity contribution in [3.8, 4) is 5.75 Å². The van der Waals surface area contributed by atoms with Crippen LogP contribution >= 0.6 is 11.6 Å². The van der Waals surface area contributed by atoms with Crippen LogP contribution in [-0.4, -0.2) is 30.8 Å². The molecule has 6 heteroatoms. The average molecular weight is 313 g/mol. The van der Waals surface area contributed by atoms with E-state index in [1.165, 1.54) is 0 Å². The zero-order valence-electron chi connectivity index (χ0n) is 12.5. The lowest BCUT2D eigenvalue weighted by Crippen LogP contribution is -2.41. The van der Waals surface area contributed by atoms with E-state index in [9.17, 15) is 9.59 Å². The maximum atomic E-state index is 11.8. The molecule has 0 aromatic heterocycles. The van der Waals surface area contributed by atoms with Gasteiger partial charge in [-0.15, -0.1) is 11.6 Å². The number of benzene rings is 1. The molecular weight excluding hydrogens is 292 g/mol. The monoisotopic (exact) mass is 312 g/mol. The van der Waals surface area contributed by atoms with E-state index in [2.05, 4.69) is 10.6 Å². The summed E-state index contributed by atoms with van der Waals surface area (Å²) in [6.07, 6.45) is 0. The van der Waals surface area contributed by atoms with Gasteiger partial charge in [0, 0.05) is 18.0 Å². The van der Waals surface area contributed by atoms with Gasteiger partial charge in [0.15, 0.2) is 0 Å². The summed E-state index contributed by atoms with van der Waals surface area (Å²) >= 11 is 5.46. The molecule has 21 heavy (non-hydrogen) atoms. The van der Waals surface area contributed by atoms with Gasteiger partial charge in [-0.05, 0) is 26.8 Å².